The first-order chi connectivity index (χ1) is 12.5. The molecule has 4 N–H and O–H groups in total. The van der Waals surface area contributed by atoms with Gasteiger partial charge < -0.3 is 4.74 Å². The molecule has 0 saturated carbocycles. The number of methoxy groups -OCH3 is 1. The Bertz CT molecular complexity index is 763. The van der Waals surface area contributed by atoms with Crippen LogP contribution in [0.5, 0.6) is 0 Å². The normalized spacial score (nSPS) is 11.2. The van der Waals surface area contributed by atoms with E-state index in [4.69, 9.17) is 0 Å². The van der Waals surface area contributed by atoms with Gasteiger partial charge in [-0.25, -0.2) is 15.6 Å². The van der Waals surface area contributed by atoms with Crippen LogP contribution in [0.3, 0.4) is 0 Å². The van der Waals surface area contributed by atoms with Gasteiger partial charge in [0.05, 0.1) is 7.11 Å². The van der Waals surface area contributed by atoms with Crippen LogP contribution >= 0.6 is 0 Å². The van der Waals surface area contributed by atoms with E-state index in [1.54, 1.807) is 42.5 Å². The van der Waals surface area contributed by atoms with Gasteiger partial charge in [0.25, 0.3) is 11.8 Å². The van der Waals surface area contributed by atoms with Crippen molar-refractivity contribution in [3.05, 3.63) is 71.3 Å². The lowest BCUT2D eigenvalue weighted by atomic mass is 10.1. The molecule has 0 heterocycles. The maximum Gasteiger partial charge on any atom is 0.425 e. The number of aryl methyl sites for hydroxylation is 1. The number of hydrogen-bond donors (Lipinski definition) is 4. The van der Waals surface area contributed by atoms with Crippen LogP contribution < -0.4 is 21.7 Å². The SMILES string of the molecule is COC(=O)NNC(=O)C(NNC(=O)c1ccccc1)c1ccc(C)cc1. The Morgan fingerprint density at radius 2 is 1.54 bits per heavy atom. The Kier molecular flexibility index (Phi) is 6.69. The van der Waals surface area contributed by atoms with Crippen molar-refractivity contribution >= 4 is 17.9 Å². The number of nitrogens with one attached hydrogen (secondary N) is 4. The summed E-state index contributed by atoms with van der Waals surface area (Å²) in [7, 11) is 1.18. The molecule has 8 nitrogen and oxygen atoms in total. The Hall–Kier alpha value is -3.39. The minimum Gasteiger partial charge on any atom is -0.452 e. The van der Waals surface area contributed by atoms with Crippen molar-refractivity contribution in [2.24, 2.45) is 0 Å². The fraction of sp³-hybridized carbons (Fsp3) is 0.167. The highest BCUT2D eigenvalue weighted by Crippen LogP contribution is 2.13. The molecule has 8 heteroatoms. The summed E-state index contributed by atoms with van der Waals surface area (Å²) in [6.45, 7) is 1.92. The highest BCUT2D eigenvalue weighted by Gasteiger charge is 2.22. The molecule has 0 aliphatic carbocycles. The van der Waals surface area contributed by atoms with Crippen LogP contribution in [0.1, 0.15) is 27.5 Å². The molecule has 2 rings (SSSR count). The molecule has 3 amide bonds. The smallest absolute Gasteiger partial charge is 0.425 e. The van der Waals surface area contributed by atoms with Crippen LogP contribution in [-0.4, -0.2) is 25.0 Å². The maximum absolute atomic E-state index is 12.4. The zero-order valence-corrected chi connectivity index (χ0v) is 14.4. The summed E-state index contributed by atoms with van der Waals surface area (Å²) in [5.41, 5.74) is 11.6. The third kappa shape index (κ3) is 5.32. The molecule has 0 aromatic heterocycles. The molecular weight excluding hydrogens is 336 g/mol. The molecule has 2 aromatic rings. The number of carbonyl (C=O) groups is 3. The van der Waals surface area contributed by atoms with Crippen molar-refractivity contribution in [3.8, 4) is 0 Å². The first-order valence-corrected chi connectivity index (χ1v) is 7.82. The lowest BCUT2D eigenvalue weighted by molar-refractivity contribution is -0.124. The van der Waals surface area contributed by atoms with Gasteiger partial charge in [0.2, 0.25) is 0 Å². The Labute approximate surface area is 150 Å². The summed E-state index contributed by atoms with van der Waals surface area (Å²) in [6, 6.07) is 14.8. The molecule has 1 unspecified atom stereocenters. The summed E-state index contributed by atoms with van der Waals surface area (Å²) in [5, 5.41) is 0. The average Bonchev–Trinajstić information content (AvgIpc) is 2.68. The maximum atomic E-state index is 12.4. The standard InChI is InChI=1S/C18H20N4O4/c1-12-8-10-13(11-9-12)15(17(24)21-22-18(25)26-2)19-20-16(23)14-6-4-3-5-7-14/h3-11,15,19H,1-2H3,(H,20,23)(H,21,24)(H,22,25). The van der Waals surface area contributed by atoms with Crippen molar-refractivity contribution in [3.63, 3.8) is 0 Å². The highest BCUT2D eigenvalue weighted by molar-refractivity contribution is 5.94. The van der Waals surface area contributed by atoms with E-state index in [1.165, 1.54) is 7.11 Å². The second-order valence-electron chi connectivity index (χ2n) is 5.41. The molecule has 0 aliphatic heterocycles. The molecule has 0 radical (unpaired) electrons. The zero-order chi connectivity index (χ0) is 18.9. The molecule has 2 aromatic carbocycles. The average molecular weight is 356 g/mol. The summed E-state index contributed by atoms with van der Waals surface area (Å²) in [4.78, 5) is 35.7. The van der Waals surface area contributed by atoms with E-state index in [-0.39, 0.29) is 0 Å². The summed E-state index contributed by atoms with van der Waals surface area (Å²) < 4.78 is 4.40. The molecule has 26 heavy (non-hydrogen) atoms. The van der Waals surface area contributed by atoms with E-state index in [1.807, 2.05) is 19.1 Å². The van der Waals surface area contributed by atoms with Gasteiger partial charge in [0, 0.05) is 5.56 Å². The molecule has 136 valence electrons. The van der Waals surface area contributed by atoms with Crippen molar-refractivity contribution in [2.45, 2.75) is 13.0 Å². The van der Waals surface area contributed by atoms with Gasteiger partial charge in [-0.2, -0.15) is 0 Å². The Morgan fingerprint density at radius 1 is 0.885 bits per heavy atom. The number of benzene rings is 2. The summed E-state index contributed by atoms with van der Waals surface area (Å²) >= 11 is 0. The largest absolute Gasteiger partial charge is 0.452 e. The van der Waals surface area contributed by atoms with E-state index in [0.29, 0.717) is 11.1 Å². The second-order valence-corrected chi connectivity index (χ2v) is 5.41. The van der Waals surface area contributed by atoms with E-state index in [9.17, 15) is 14.4 Å². The van der Waals surface area contributed by atoms with Gasteiger partial charge in [-0.15, -0.1) is 0 Å². The van der Waals surface area contributed by atoms with Crippen LogP contribution in [0.4, 0.5) is 4.79 Å². The predicted molar refractivity (Wildman–Crippen MR) is 94.6 cm³/mol. The van der Waals surface area contributed by atoms with Crippen LogP contribution in [0.25, 0.3) is 0 Å². The Morgan fingerprint density at radius 3 is 2.15 bits per heavy atom. The van der Waals surface area contributed by atoms with E-state index in [0.717, 1.165) is 5.56 Å². The van der Waals surface area contributed by atoms with Gasteiger partial charge >= 0.3 is 6.09 Å². The third-order valence-electron chi connectivity index (χ3n) is 3.51. The van der Waals surface area contributed by atoms with E-state index in [2.05, 4.69) is 26.4 Å². The van der Waals surface area contributed by atoms with E-state index >= 15 is 0 Å². The summed E-state index contributed by atoms with van der Waals surface area (Å²) in [5.74, 6) is -0.968. The monoisotopic (exact) mass is 356 g/mol. The van der Waals surface area contributed by atoms with Gasteiger partial charge in [-0.3, -0.25) is 20.4 Å². The number of rotatable bonds is 5. The van der Waals surface area contributed by atoms with Crippen LogP contribution in [0, 0.1) is 6.92 Å². The minimum absolute atomic E-state index is 0.392. The third-order valence-corrected chi connectivity index (χ3v) is 3.51. The number of amides is 3. The van der Waals surface area contributed by atoms with Crippen molar-refractivity contribution in [1.82, 2.24) is 21.7 Å². The molecule has 0 aliphatic rings. The number of hydrogen-bond acceptors (Lipinski definition) is 5. The van der Waals surface area contributed by atoms with Gasteiger partial charge in [0.15, 0.2) is 0 Å². The first-order valence-electron chi connectivity index (χ1n) is 7.82. The fourth-order valence-electron chi connectivity index (χ4n) is 2.09. The van der Waals surface area contributed by atoms with Crippen molar-refractivity contribution in [2.75, 3.05) is 7.11 Å². The minimum atomic E-state index is -0.930. The molecule has 0 fully saturated rings. The summed E-state index contributed by atoms with van der Waals surface area (Å²) in [6.07, 6.45) is -0.811. The van der Waals surface area contributed by atoms with Crippen molar-refractivity contribution < 1.29 is 19.1 Å². The number of hydrazine groups is 2. The van der Waals surface area contributed by atoms with Crippen LogP contribution in [-0.2, 0) is 9.53 Å². The zero-order valence-electron chi connectivity index (χ0n) is 14.4. The molecule has 0 saturated heterocycles. The number of ether oxygens (including phenoxy) is 1. The predicted octanol–water partition coefficient (Wildman–Crippen LogP) is 1.36. The van der Waals surface area contributed by atoms with Gasteiger partial charge in [-0.1, -0.05) is 48.0 Å². The quantitative estimate of drug-likeness (QED) is 0.605. The first kappa shape index (κ1) is 18.9. The fourth-order valence-corrected chi connectivity index (χ4v) is 2.09. The molecule has 0 bridgehead atoms. The molecule has 0 spiro atoms. The lowest BCUT2D eigenvalue weighted by Crippen LogP contribution is -2.50. The second kappa shape index (κ2) is 9.19. The topological polar surface area (TPSA) is 109 Å². The van der Waals surface area contributed by atoms with Gasteiger partial charge in [-0.05, 0) is 24.6 Å². The van der Waals surface area contributed by atoms with E-state index < -0.39 is 23.9 Å². The van der Waals surface area contributed by atoms with Crippen molar-refractivity contribution in [1.29, 1.82) is 0 Å². The molecule has 1 atom stereocenters. The van der Waals surface area contributed by atoms with Crippen LogP contribution in [0.2, 0.25) is 0 Å². The Balaban J connectivity index is 2.09. The molecular formula is C18H20N4O4. The lowest BCUT2D eigenvalue weighted by Gasteiger charge is -2.19. The number of carbonyl (C=O) groups excluding carboxylic acids is 3. The van der Waals surface area contributed by atoms with Crippen LogP contribution in [0.15, 0.2) is 54.6 Å². The van der Waals surface area contributed by atoms with Gasteiger partial charge in [0.1, 0.15) is 6.04 Å². The highest BCUT2D eigenvalue weighted by atomic mass is 16.5.